The van der Waals surface area contributed by atoms with Crippen LogP contribution in [0.3, 0.4) is 0 Å². The van der Waals surface area contributed by atoms with E-state index in [0.29, 0.717) is 37.9 Å². The quantitative estimate of drug-likeness (QED) is 0.394. The second-order valence-corrected chi connectivity index (χ2v) is 11.0. The first-order chi connectivity index (χ1) is 16.8. The highest BCUT2D eigenvalue weighted by Gasteiger charge is 2.44. The number of hydrogen-bond donors (Lipinski definition) is 2. The Balaban J connectivity index is 1.42. The summed E-state index contributed by atoms with van der Waals surface area (Å²) in [5.41, 5.74) is 9.07. The average molecular weight is 498 g/mol. The van der Waals surface area contributed by atoms with Crippen LogP contribution in [-0.2, 0) is 23.0 Å². The van der Waals surface area contributed by atoms with E-state index in [0.717, 1.165) is 41.6 Å². The van der Waals surface area contributed by atoms with Crippen molar-refractivity contribution in [3.63, 3.8) is 0 Å². The molecule has 35 heavy (non-hydrogen) atoms. The van der Waals surface area contributed by atoms with Crippen molar-refractivity contribution >= 4 is 16.0 Å². The molecule has 2 atom stereocenters. The lowest BCUT2D eigenvalue weighted by Gasteiger charge is -2.21. The van der Waals surface area contributed by atoms with Crippen molar-refractivity contribution in [2.45, 2.75) is 38.3 Å². The summed E-state index contributed by atoms with van der Waals surface area (Å²) in [6.07, 6.45) is 6.39. The first-order valence-corrected chi connectivity index (χ1v) is 13.8. The van der Waals surface area contributed by atoms with E-state index in [-0.39, 0.29) is 11.9 Å². The average Bonchev–Trinajstić information content (AvgIpc) is 3.60. The molecule has 1 aromatic heterocycles. The summed E-state index contributed by atoms with van der Waals surface area (Å²) in [5.74, 6) is 0.630. The lowest BCUT2D eigenvalue weighted by Crippen LogP contribution is -2.32. The van der Waals surface area contributed by atoms with Crippen LogP contribution in [0.2, 0.25) is 0 Å². The van der Waals surface area contributed by atoms with Crippen molar-refractivity contribution in [1.82, 2.24) is 14.3 Å². The molecule has 186 valence electrons. The van der Waals surface area contributed by atoms with Crippen LogP contribution in [0.15, 0.2) is 60.8 Å². The monoisotopic (exact) mass is 497 g/mol. The summed E-state index contributed by atoms with van der Waals surface area (Å²) in [4.78, 5) is 8.90. The summed E-state index contributed by atoms with van der Waals surface area (Å²) in [7, 11) is -3.33. The van der Waals surface area contributed by atoms with Crippen LogP contribution < -0.4 is 11.1 Å². The van der Waals surface area contributed by atoms with Crippen LogP contribution in [0.4, 0.5) is 10.3 Å². The van der Waals surface area contributed by atoms with Gasteiger partial charge >= 0.3 is 0 Å². The Labute approximate surface area is 206 Å². The second-order valence-electron chi connectivity index (χ2n) is 9.07. The molecule has 7 nitrogen and oxygen atoms in total. The van der Waals surface area contributed by atoms with E-state index in [2.05, 4.69) is 15.3 Å². The Morgan fingerprint density at radius 2 is 1.94 bits per heavy atom. The van der Waals surface area contributed by atoms with E-state index in [9.17, 15) is 12.8 Å². The van der Waals surface area contributed by atoms with Crippen molar-refractivity contribution in [3.05, 3.63) is 77.7 Å². The van der Waals surface area contributed by atoms with E-state index < -0.39 is 10.0 Å². The zero-order valence-electron chi connectivity index (χ0n) is 19.9. The van der Waals surface area contributed by atoms with Crippen molar-refractivity contribution in [1.29, 1.82) is 0 Å². The molecule has 1 heterocycles. The van der Waals surface area contributed by atoms with Gasteiger partial charge in [-0.15, -0.1) is 0 Å². The molecule has 0 spiro atoms. The minimum atomic E-state index is -3.33. The van der Waals surface area contributed by atoms with Gasteiger partial charge in [0.25, 0.3) is 0 Å². The number of sulfonamides is 1. The Morgan fingerprint density at radius 1 is 1.14 bits per heavy atom. The molecule has 3 N–H and O–H groups in total. The van der Waals surface area contributed by atoms with Crippen LogP contribution in [0, 0.1) is 11.7 Å². The van der Waals surface area contributed by atoms with Crippen LogP contribution in [0.25, 0.3) is 11.3 Å². The fraction of sp³-hybridized carbons (Fsp3) is 0.385. The first kappa shape index (κ1) is 25.2. The van der Waals surface area contributed by atoms with Crippen LogP contribution in [-0.4, -0.2) is 48.1 Å². The third-order valence-corrected chi connectivity index (χ3v) is 7.51. The minimum absolute atomic E-state index is 0.0492. The van der Waals surface area contributed by atoms with Crippen molar-refractivity contribution in [3.8, 4) is 11.3 Å². The molecule has 2 aromatic carbocycles. The predicted molar refractivity (Wildman–Crippen MR) is 137 cm³/mol. The molecule has 1 saturated carbocycles. The number of benzene rings is 2. The third-order valence-electron chi connectivity index (χ3n) is 6.26. The van der Waals surface area contributed by atoms with E-state index in [4.69, 9.17) is 5.73 Å². The number of aromatic nitrogens is 2. The smallest absolute Gasteiger partial charge is 0.223 e. The SMILES string of the molecule is CS(=O)(=O)N(Cc1cccc(-c2ccnc(NCCc3cccc(F)c3)n2)c1)C1C[C@H]1CCCN. The normalized spacial score (nSPS) is 17.5. The maximum atomic E-state index is 13.4. The number of anilines is 1. The Bertz CT molecular complexity index is 1250. The number of nitrogens with zero attached hydrogens (tertiary/aromatic N) is 3. The van der Waals surface area contributed by atoms with Gasteiger partial charge in [-0.3, -0.25) is 0 Å². The maximum absolute atomic E-state index is 13.4. The summed E-state index contributed by atoms with van der Waals surface area (Å²) in [5, 5.41) is 3.19. The molecule has 0 saturated heterocycles. The van der Waals surface area contributed by atoms with Gasteiger partial charge in [-0.05, 0) is 73.5 Å². The summed E-state index contributed by atoms with van der Waals surface area (Å²) >= 11 is 0. The zero-order valence-corrected chi connectivity index (χ0v) is 20.7. The fourth-order valence-electron chi connectivity index (χ4n) is 4.38. The molecular formula is C26H32FN5O2S. The highest BCUT2D eigenvalue weighted by Crippen LogP contribution is 2.41. The Hall–Kier alpha value is -2.88. The van der Waals surface area contributed by atoms with Crippen LogP contribution in [0.5, 0.6) is 0 Å². The fourth-order valence-corrected chi connectivity index (χ4v) is 5.51. The topological polar surface area (TPSA) is 101 Å². The molecule has 0 aliphatic heterocycles. The standard InChI is InChI=1S/C26H32FN5O2S/c1-35(33,34)32(25-17-22(25)8-4-12-28)18-20-6-2-7-21(15-20)24-11-14-30-26(31-24)29-13-10-19-5-3-9-23(27)16-19/h2-3,5-7,9,11,14-16,22,25H,4,8,10,12-13,17-18,28H2,1H3,(H,29,30,31)/t22-,25?/m1/s1. The molecular weight excluding hydrogens is 465 g/mol. The van der Waals surface area contributed by atoms with Gasteiger partial charge < -0.3 is 11.1 Å². The molecule has 4 rings (SSSR count). The molecule has 1 aliphatic rings. The molecule has 3 aromatic rings. The van der Waals surface area contributed by atoms with Crippen molar-refractivity contribution in [2.75, 3.05) is 24.7 Å². The minimum Gasteiger partial charge on any atom is -0.354 e. The second kappa shape index (κ2) is 11.2. The zero-order chi connectivity index (χ0) is 24.8. The molecule has 0 bridgehead atoms. The molecule has 9 heteroatoms. The lowest BCUT2D eigenvalue weighted by molar-refractivity contribution is 0.380. The summed E-state index contributed by atoms with van der Waals surface area (Å²) < 4.78 is 40.0. The Morgan fingerprint density at radius 3 is 2.71 bits per heavy atom. The number of hydrogen-bond acceptors (Lipinski definition) is 6. The Kier molecular flexibility index (Phi) is 8.10. The van der Waals surface area contributed by atoms with Gasteiger partial charge in [-0.2, -0.15) is 4.31 Å². The maximum Gasteiger partial charge on any atom is 0.223 e. The van der Waals surface area contributed by atoms with E-state index >= 15 is 0 Å². The number of nitrogens with two attached hydrogens (primary N) is 1. The largest absolute Gasteiger partial charge is 0.354 e. The molecule has 1 fully saturated rings. The van der Waals surface area contributed by atoms with Gasteiger partial charge in [-0.25, -0.2) is 22.8 Å². The highest BCUT2D eigenvalue weighted by atomic mass is 32.2. The molecule has 1 unspecified atom stereocenters. The number of halogens is 1. The number of rotatable bonds is 12. The van der Waals surface area contributed by atoms with Crippen molar-refractivity contribution in [2.24, 2.45) is 11.7 Å². The lowest BCUT2D eigenvalue weighted by atomic mass is 10.1. The van der Waals surface area contributed by atoms with Crippen molar-refractivity contribution < 1.29 is 12.8 Å². The third kappa shape index (κ3) is 7.06. The highest BCUT2D eigenvalue weighted by molar-refractivity contribution is 7.88. The molecule has 0 amide bonds. The summed E-state index contributed by atoms with van der Waals surface area (Å²) in [6, 6.07) is 16.2. The van der Waals surface area contributed by atoms with E-state index in [1.165, 1.54) is 18.4 Å². The predicted octanol–water partition coefficient (Wildman–Crippen LogP) is 3.83. The van der Waals surface area contributed by atoms with Gasteiger partial charge in [-0.1, -0.05) is 30.3 Å². The van der Waals surface area contributed by atoms with Gasteiger partial charge in [0.15, 0.2) is 0 Å². The van der Waals surface area contributed by atoms with Crippen LogP contribution in [0.1, 0.15) is 30.4 Å². The first-order valence-electron chi connectivity index (χ1n) is 11.9. The van der Waals surface area contributed by atoms with E-state index in [1.54, 1.807) is 16.6 Å². The summed E-state index contributed by atoms with van der Waals surface area (Å²) in [6.45, 7) is 1.54. The van der Waals surface area contributed by atoms with Crippen LogP contribution >= 0.6 is 0 Å². The molecule has 0 radical (unpaired) electrons. The van der Waals surface area contributed by atoms with Gasteiger partial charge in [0.2, 0.25) is 16.0 Å². The van der Waals surface area contributed by atoms with Gasteiger partial charge in [0.1, 0.15) is 5.82 Å². The van der Waals surface area contributed by atoms with Gasteiger partial charge in [0, 0.05) is 30.9 Å². The molecule has 1 aliphatic carbocycles. The van der Waals surface area contributed by atoms with Gasteiger partial charge in [0.05, 0.1) is 11.9 Å². The van der Waals surface area contributed by atoms with E-state index in [1.807, 2.05) is 36.4 Å². The number of nitrogens with one attached hydrogen (secondary N) is 1.